The van der Waals surface area contributed by atoms with Gasteiger partial charge >= 0.3 is 16.4 Å². The highest BCUT2D eigenvalue weighted by Crippen LogP contribution is 2.26. The molecule has 0 amide bonds. The molecule has 1 aliphatic rings. The third-order valence-corrected chi connectivity index (χ3v) is 9.98. The van der Waals surface area contributed by atoms with Crippen molar-refractivity contribution in [2.24, 2.45) is 0 Å². The summed E-state index contributed by atoms with van der Waals surface area (Å²) in [6.45, 7) is 3.69. The molecular weight excluding hydrogens is 729 g/mol. The number of allylic oxidation sites excluding steroid dienone is 6. The van der Waals surface area contributed by atoms with E-state index < -0.39 is 59.8 Å². The van der Waals surface area contributed by atoms with Gasteiger partial charge in [0.1, 0.15) is 30.5 Å². The van der Waals surface area contributed by atoms with Crippen molar-refractivity contribution in [2.75, 3.05) is 26.4 Å². The summed E-state index contributed by atoms with van der Waals surface area (Å²) in [6.07, 6.45) is 30.5. The zero-order valence-electron chi connectivity index (χ0n) is 34.0. The fourth-order valence-corrected chi connectivity index (χ4v) is 6.75. The van der Waals surface area contributed by atoms with Crippen LogP contribution >= 0.6 is 0 Å². The molecule has 1 saturated heterocycles. The zero-order chi connectivity index (χ0) is 40.4. The lowest BCUT2D eigenvalue weighted by Gasteiger charge is -2.41. The average Bonchev–Trinajstić information content (AvgIpc) is 3.15. The quantitative estimate of drug-likeness (QED) is 0.0207. The number of carbonyl (C=O) groups is 1. The first-order chi connectivity index (χ1) is 26.6. The van der Waals surface area contributed by atoms with E-state index in [4.69, 9.17) is 23.5 Å². The number of ether oxygens (including phenoxy) is 4. The molecule has 0 aromatic heterocycles. The lowest BCUT2D eigenvalue weighted by atomic mass is 9.99. The van der Waals surface area contributed by atoms with Crippen molar-refractivity contribution in [3.05, 3.63) is 36.5 Å². The lowest BCUT2D eigenvalue weighted by Crippen LogP contribution is -2.60. The monoisotopic (exact) mass is 805 g/mol. The second-order valence-electron chi connectivity index (χ2n) is 14.6. The minimum atomic E-state index is -5.05. The summed E-state index contributed by atoms with van der Waals surface area (Å²) in [6, 6.07) is 0. The molecule has 1 fully saturated rings. The summed E-state index contributed by atoms with van der Waals surface area (Å²) < 4.78 is 58.2. The largest absolute Gasteiger partial charge is 0.457 e. The molecule has 0 aromatic carbocycles. The molecule has 13 heteroatoms. The van der Waals surface area contributed by atoms with Crippen LogP contribution in [0.5, 0.6) is 0 Å². The van der Waals surface area contributed by atoms with Crippen LogP contribution in [-0.2, 0) is 38.3 Å². The van der Waals surface area contributed by atoms with E-state index in [1.165, 1.54) is 96.3 Å². The smallest absolute Gasteiger partial charge is 0.397 e. The molecule has 4 N–H and O–H groups in total. The second kappa shape index (κ2) is 34.4. The van der Waals surface area contributed by atoms with Crippen molar-refractivity contribution >= 4 is 16.4 Å². The normalized spacial score (nSPS) is 21.3. The van der Waals surface area contributed by atoms with Crippen LogP contribution in [0.2, 0.25) is 0 Å². The standard InChI is InChI=1S/C42H76O12S/c1-3-5-7-8-9-10-11-12-13-14-15-16-17-18-19-20-21-22-23-24-25-26-27-28-29-30-32-50-34-36(52-38(44)31-6-4-2)35-51-42-40(46)41(54-55(47,48)49)39(45)37(33-43)53-42/h11-12,14-15,17-18,36-37,39-43,45-46H,3-10,13,16,19-35H2,1-2H3,(H,47,48,49)/b12-11-,15-14-,18-17-. The maximum absolute atomic E-state index is 12.3. The molecule has 0 saturated carbocycles. The van der Waals surface area contributed by atoms with Gasteiger partial charge in [-0.1, -0.05) is 140 Å². The molecule has 12 nitrogen and oxygen atoms in total. The number of aliphatic hydroxyl groups excluding tert-OH is 3. The number of hydrogen-bond acceptors (Lipinski definition) is 11. The topological polar surface area (TPSA) is 178 Å². The number of hydrogen-bond donors (Lipinski definition) is 4. The van der Waals surface area contributed by atoms with E-state index in [1.807, 2.05) is 6.92 Å². The van der Waals surface area contributed by atoms with Crippen molar-refractivity contribution < 1.29 is 56.2 Å². The van der Waals surface area contributed by atoms with Crippen LogP contribution in [0.15, 0.2) is 36.5 Å². The second-order valence-corrected chi connectivity index (χ2v) is 15.6. The number of esters is 1. The number of unbranched alkanes of at least 4 members (excludes halogenated alkanes) is 17. The summed E-state index contributed by atoms with van der Waals surface area (Å²) in [5.41, 5.74) is 0. The van der Waals surface area contributed by atoms with Crippen molar-refractivity contribution in [3.8, 4) is 0 Å². The SMILES string of the molecule is CCCCCCC/C=C\C/C=C\C/C=C\CCCCCCCCCCCCCOCC(COC1OC(CO)C(O)C(OS(=O)(=O)O)C1O)OC(=O)CCCC. The first-order valence-corrected chi connectivity index (χ1v) is 22.6. The molecule has 322 valence electrons. The molecule has 0 aliphatic carbocycles. The third kappa shape index (κ3) is 28.4. The summed E-state index contributed by atoms with van der Waals surface area (Å²) in [5.74, 6) is -0.436. The van der Waals surface area contributed by atoms with Gasteiger partial charge in [-0.3, -0.25) is 9.35 Å². The Morgan fingerprint density at radius 2 is 1.20 bits per heavy atom. The van der Waals surface area contributed by atoms with Gasteiger partial charge in [0.25, 0.3) is 0 Å². The Hall–Kier alpha value is -1.68. The molecule has 6 unspecified atom stereocenters. The van der Waals surface area contributed by atoms with Crippen molar-refractivity contribution in [2.45, 2.75) is 198 Å². The van der Waals surface area contributed by atoms with Gasteiger partial charge < -0.3 is 34.3 Å². The van der Waals surface area contributed by atoms with Gasteiger partial charge in [0.05, 0.1) is 19.8 Å². The van der Waals surface area contributed by atoms with Crippen LogP contribution in [0.1, 0.15) is 162 Å². The molecule has 0 radical (unpaired) electrons. The number of carbonyl (C=O) groups excluding carboxylic acids is 1. The molecule has 1 aliphatic heterocycles. The fraction of sp³-hybridized carbons (Fsp3) is 0.833. The highest BCUT2D eigenvalue weighted by molar-refractivity contribution is 7.80. The third-order valence-electron chi connectivity index (χ3n) is 9.52. The maximum atomic E-state index is 12.3. The Morgan fingerprint density at radius 1 is 0.691 bits per heavy atom. The summed E-state index contributed by atoms with van der Waals surface area (Å²) in [5, 5.41) is 30.3. The van der Waals surface area contributed by atoms with Gasteiger partial charge in [0.15, 0.2) is 6.29 Å². The molecule has 1 rings (SSSR count). The van der Waals surface area contributed by atoms with E-state index >= 15 is 0 Å². The van der Waals surface area contributed by atoms with Crippen LogP contribution < -0.4 is 0 Å². The van der Waals surface area contributed by atoms with Crippen LogP contribution in [0.25, 0.3) is 0 Å². The molecular formula is C42H76O12S. The van der Waals surface area contributed by atoms with Crippen molar-refractivity contribution in [3.63, 3.8) is 0 Å². The van der Waals surface area contributed by atoms with Crippen molar-refractivity contribution in [1.29, 1.82) is 0 Å². The maximum Gasteiger partial charge on any atom is 0.397 e. The molecule has 55 heavy (non-hydrogen) atoms. The zero-order valence-corrected chi connectivity index (χ0v) is 34.8. The summed E-state index contributed by atoms with van der Waals surface area (Å²) in [4.78, 5) is 12.3. The molecule has 1 heterocycles. The molecule has 6 atom stereocenters. The van der Waals surface area contributed by atoms with E-state index in [0.29, 0.717) is 13.0 Å². The van der Waals surface area contributed by atoms with Crippen LogP contribution in [0.4, 0.5) is 0 Å². The average molecular weight is 805 g/mol. The lowest BCUT2D eigenvalue weighted by molar-refractivity contribution is -0.301. The highest BCUT2D eigenvalue weighted by Gasteiger charge is 2.48. The van der Waals surface area contributed by atoms with Gasteiger partial charge in [0.2, 0.25) is 0 Å². The van der Waals surface area contributed by atoms with Crippen LogP contribution in [-0.4, -0.2) is 97.5 Å². The molecule has 0 spiro atoms. The van der Waals surface area contributed by atoms with Crippen LogP contribution in [0.3, 0.4) is 0 Å². The first-order valence-electron chi connectivity index (χ1n) is 21.2. The van der Waals surface area contributed by atoms with E-state index in [0.717, 1.165) is 38.5 Å². The Morgan fingerprint density at radius 3 is 1.73 bits per heavy atom. The van der Waals surface area contributed by atoms with Gasteiger partial charge in [-0.05, 0) is 51.4 Å². The predicted octanol–water partition coefficient (Wildman–Crippen LogP) is 8.24. The van der Waals surface area contributed by atoms with E-state index in [2.05, 4.69) is 47.6 Å². The minimum absolute atomic E-state index is 0.0305. The highest BCUT2D eigenvalue weighted by atomic mass is 32.3. The summed E-state index contributed by atoms with van der Waals surface area (Å²) in [7, 11) is -5.05. The molecule has 0 bridgehead atoms. The van der Waals surface area contributed by atoms with Crippen molar-refractivity contribution in [1.82, 2.24) is 0 Å². The Kier molecular flexibility index (Phi) is 32.1. The fourth-order valence-electron chi connectivity index (χ4n) is 6.24. The van der Waals surface area contributed by atoms with E-state index in [1.54, 1.807) is 0 Å². The molecule has 0 aromatic rings. The number of aliphatic hydroxyl groups is 3. The first kappa shape index (κ1) is 51.3. The predicted molar refractivity (Wildman–Crippen MR) is 216 cm³/mol. The van der Waals surface area contributed by atoms with E-state index in [9.17, 15) is 28.5 Å². The Bertz CT molecular complexity index is 1110. The number of rotatable bonds is 36. The van der Waals surface area contributed by atoms with Gasteiger partial charge in [-0.15, -0.1) is 0 Å². The Labute approximate surface area is 333 Å². The van der Waals surface area contributed by atoms with Gasteiger partial charge in [-0.25, -0.2) is 4.18 Å². The summed E-state index contributed by atoms with van der Waals surface area (Å²) >= 11 is 0. The van der Waals surface area contributed by atoms with Gasteiger partial charge in [0, 0.05) is 13.0 Å². The minimum Gasteiger partial charge on any atom is -0.457 e. The van der Waals surface area contributed by atoms with E-state index in [-0.39, 0.29) is 19.6 Å². The van der Waals surface area contributed by atoms with Gasteiger partial charge in [-0.2, -0.15) is 8.42 Å². The Balaban J connectivity index is 2.14. The van der Waals surface area contributed by atoms with Crippen LogP contribution in [0, 0.1) is 0 Å².